The van der Waals surface area contributed by atoms with Crippen LogP contribution >= 0.6 is 11.6 Å². The number of rotatable bonds is 2. The van der Waals surface area contributed by atoms with E-state index in [9.17, 15) is 4.79 Å². The molecule has 3 rings (SSSR count). The fourth-order valence-electron chi connectivity index (χ4n) is 3.04. The Hall–Kier alpha value is -1.85. The zero-order chi connectivity index (χ0) is 16.6. The molecule has 1 aromatic carbocycles. The summed E-state index contributed by atoms with van der Waals surface area (Å²) in [6.07, 6.45) is 2.38. The molecule has 1 fully saturated rings. The van der Waals surface area contributed by atoms with E-state index in [1.165, 1.54) is 0 Å². The highest BCUT2D eigenvalue weighted by atomic mass is 35.5. The van der Waals surface area contributed by atoms with Gasteiger partial charge < -0.3 is 10.6 Å². The number of nitrogens with zero attached hydrogens (tertiary/aromatic N) is 2. The summed E-state index contributed by atoms with van der Waals surface area (Å²) >= 11 is 6.25. The molecule has 0 radical (unpaired) electrons. The van der Waals surface area contributed by atoms with Crippen molar-refractivity contribution in [2.75, 3.05) is 13.1 Å². The average molecular weight is 333 g/mol. The number of amides is 1. The van der Waals surface area contributed by atoms with Gasteiger partial charge in [0.1, 0.15) is 0 Å². The molecule has 23 heavy (non-hydrogen) atoms. The highest BCUT2D eigenvalue weighted by Gasteiger charge is 2.36. The number of nitrogens with one attached hydrogen (secondary N) is 1. The number of carbonyl (C=O) groups is 1. The van der Waals surface area contributed by atoms with E-state index in [1.54, 1.807) is 12.3 Å². The molecule has 1 amide bonds. The summed E-state index contributed by atoms with van der Waals surface area (Å²) in [4.78, 5) is 14.8. The van der Waals surface area contributed by atoms with Crippen LogP contribution in [0.5, 0.6) is 0 Å². The molecular weight excluding hydrogens is 312 g/mol. The van der Waals surface area contributed by atoms with Crippen LogP contribution in [0.1, 0.15) is 30.6 Å². The molecule has 3 N–H and O–H groups in total. The fraction of sp³-hybridized carbons (Fsp3) is 0.412. The van der Waals surface area contributed by atoms with E-state index >= 15 is 0 Å². The molecule has 0 spiro atoms. The molecule has 2 aromatic rings. The monoisotopic (exact) mass is 332 g/mol. The first-order valence-corrected chi connectivity index (χ1v) is 8.11. The van der Waals surface area contributed by atoms with Crippen molar-refractivity contribution in [2.24, 2.45) is 11.1 Å². The van der Waals surface area contributed by atoms with Gasteiger partial charge in [0.15, 0.2) is 0 Å². The van der Waals surface area contributed by atoms with E-state index in [1.807, 2.05) is 23.1 Å². The van der Waals surface area contributed by atoms with Gasteiger partial charge in [-0.05, 0) is 17.9 Å². The molecule has 1 saturated heterocycles. The first-order valence-electron chi connectivity index (χ1n) is 7.73. The summed E-state index contributed by atoms with van der Waals surface area (Å²) in [7, 11) is 0. The van der Waals surface area contributed by atoms with Crippen LogP contribution in [-0.2, 0) is 0 Å². The number of H-pyrrole nitrogens is 1. The smallest absolute Gasteiger partial charge is 0.257 e. The van der Waals surface area contributed by atoms with Crippen LogP contribution in [0.2, 0.25) is 5.02 Å². The number of halogens is 1. The van der Waals surface area contributed by atoms with Gasteiger partial charge in [-0.15, -0.1) is 0 Å². The van der Waals surface area contributed by atoms with Crippen molar-refractivity contribution in [1.82, 2.24) is 15.1 Å². The Kier molecular flexibility index (Phi) is 4.17. The predicted octanol–water partition coefficient (Wildman–Crippen LogP) is 2.93. The SMILES string of the molecule is CC1(C)CN(C(=O)c2cn[nH]c2-c2ccccc2Cl)CCC1N. The van der Waals surface area contributed by atoms with Gasteiger partial charge >= 0.3 is 0 Å². The molecule has 1 aliphatic heterocycles. The molecule has 6 heteroatoms. The van der Waals surface area contributed by atoms with E-state index < -0.39 is 0 Å². The lowest BCUT2D eigenvalue weighted by molar-refractivity contribution is 0.0534. The Labute approximate surface area is 140 Å². The summed E-state index contributed by atoms with van der Waals surface area (Å²) in [5, 5.41) is 7.55. The van der Waals surface area contributed by atoms with E-state index in [2.05, 4.69) is 24.0 Å². The quantitative estimate of drug-likeness (QED) is 0.887. The molecule has 122 valence electrons. The lowest BCUT2D eigenvalue weighted by atomic mass is 9.79. The highest BCUT2D eigenvalue weighted by molar-refractivity contribution is 6.33. The Morgan fingerprint density at radius 3 is 2.87 bits per heavy atom. The molecule has 1 atom stereocenters. The summed E-state index contributed by atoms with van der Waals surface area (Å²) in [5.74, 6) is -0.0337. The van der Waals surface area contributed by atoms with Crippen molar-refractivity contribution in [3.05, 3.63) is 41.0 Å². The maximum Gasteiger partial charge on any atom is 0.257 e. The van der Waals surface area contributed by atoms with Crippen molar-refractivity contribution in [2.45, 2.75) is 26.3 Å². The third-order valence-electron chi connectivity index (χ3n) is 4.61. The number of aromatic amines is 1. The number of piperidine rings is 1. The Bertz CT molecular complexity index is 725. The molecule has 0 bridgehead atoms. The van der Waals surface area contributed by atoms with Crippen LogP contribution in [-0.4, -0.2) is 40.1 Å². The van der Waals surface area contributed by atoms with Crippen molar-refractivity contribution in [3.8, 4) is 11.3 Å². The summed E-state index contributed by atoms with van der Waals surface area (Å²) in [6, 6.07) is 7.54. The van der Waals surface area contributed by atoms with Crippen LogP contribution in [0, 0.1) is 5.41 Å². The summed E-state index contributed by atoms with van der Waals surface area (Å²) in [5.41, 5.74) is 8.05. The van der Waals surface area contributed by atoms with Crippen molar-refractivity contribution in [1.29, 1.82) is 0 Å². The fourth-order valence-corrected chi connectivity index (χ4v) is 3.27. The zero-order valence-electron chi connectivity index (χ0n) is 13.3. The second-order valence-corrected chi connectivity index (χ2v) is 7.16. The normalized spacial score (nSPS) is 20.5. The molecule has 1 aliphatic rings. The van der Waals surface area contributed by atoms with Gasteiger partial charge in [-0.3, -0.25) is 9.89 Å². The van der Waals surface area contributed by atoms with E-state index in [4.69, 9.17) is 17.3 Å². The second kappa shape index (κ2) is 5.98. The van der Waals surface area contributed by atoms with Crippen molar-refractivity contribution in [3.63, 3.8) is 0 Å². The predicted molar refractivity (Wildman–Crippen MR) is 91.3 cm³/mol. The Balaban J connectivity index is 1.91. The molecule has 1 unspecified atom stereocenters. The average Bonchev–Trinajstić information content (AvgIpc) is 2.99. The van der Waals surface area contributed by atoms with Gasteiger partial charge in [-0.2, -0.15) is 5.10 Å². The number of nitrogens with two attached hydrogens (primary N) is 1. The third-order valence-corrected chi connectivity index (χ3v) is 4.94. The maximum absolute atomic E-state index is 12.9. The minimum absolute atomic E-state index is 0.0337. The molecule has 1 aromatic heterocycles. The van der Waals surface area contributed by atoms with E-state index in [0.29, 0.717) is 29.4 Å². The molecule has 0 saturated carbocycles. The number of benzene rings is 1. The van der Waals surface area contributed by atoms with Crippen molar-refractivity contribution < 1.29 is 4.79 Å². The largest absolute Gasteiger partial charge is 0.338 e. The highest BCUT2D eigenvalue weighted by Crippen LogP contribution is 2.32. The van der Waals surface area contributed by atoms with Gasteiger partial charge in [0.05, 0.1) is 17.5 Å². The minimum Gasteiger partial charge on any atom is -0.338 e. The van der Waals surface area contributed by atoms with E-state index in [0.717, 1.165) is 12.0 Å². The molecule has 5 nitrogen and oxygen atoms in total. The van der Waals surface area contributed by atoms with Crippen molar-refractivity contribution >= 4 is 17.5 Å². The number of hydrogen-bond donors (Lipinski definition) is 2. The summed E-state index contributed by atoms with van der Waals surface area (Å²) < 4.78 is 0. The lowest BCUT2D eigenvalue weighted by Gasteiger charge is -2.42. The number of hydrogen-bond acceptors (Lipinski definition) is 3. The Morgan fingerprint density at radius 2 is 2.17 bits per heavy atom. The van der Waals surface area contributed by atoms with Gasteiger partial charge in [-0.25, -0.2) is 0 Å². The number of aromatic nitrogens is 2. The number of carbonyl (C=O) groups excluding carboxylic acids is 1. The van der Waals surface area contributed by atoms with Crippen LogP contribution < -0.4 is 5.73 Å². The van der Waals surface area contributed by atoms with Gasteiger partial charge in [0.25, 0.3) is 5.91 Å². The maximum atomic E-state index is 12.9. The number of likely N-dealkylation sites (tertiary alicyclic amines) is 1. The van der Waals surface area contributed by atoms with Crippen LogP contribution in [0.3, 0.4) is 0 Å². The van der Waals surface area contributed by atoms with Gasteiger partial charge in [-0.1, -0.05) is 43.6 Å². The minimum atomic E-state index is -0.0950. The topological polar surface area (TPSA) is 75.0 Å². The second-order valence-electron chi connectivity index (χ2n) is 6.75. The molecule has 2 heterocycles. The molecule has 0 aliphatic carbocycles. The Morgan fingerprint density at radius 1 is 1.43 bits per heavy atom. The van der Waals surface area contributed by atoms with Crippen LogP contribution in [0.15, 0.2) is 30.5 Å². The van der Waals surface area contributed by atoms with Crippen LogP contribution in [0.4, 0.5) is 0 Å². The lowest BCUT2D eigenvalue weighted by Crippen LogP contribution is -2.54. The first-order chi connectivity index (χ1) is 10.9. The first kappa shape index (κ1) is 16.0. The van der Waals surface area contributed by atoms with E-state index in [-0.39, 0.29) is 17.4 Å². The molecular formula is C17H21ClN4O. The zero-order valence-corrected chi connectivity index (χ0v) is 14.1. The third kappa shape index (κ3) is 2.99. The van der Waals surface area contributed by atoms with Gasteiger partial charge in [0.2, 0.25) is 0 Å². The van der Waals surface area contributed by atoms with Gasteiger partial charge in [0, 0.05) is 29.7 Å². The standard InChI is InChI=1S/C17H21ClN4O/c1-17(2)10-22(8-7-14(17)19)16(23)12-9-20-21-15(12)11-5-3-4-6-13(11)18/h3-6,9,14H,7-8,10,19H2,1-2H3,(H,20,21). The van der Waals surface area contributed by atoms with Crippen LogP contribution in [0.25, 0.3) is 11.3 Å². The summed E-state index contributed by atoms with van der Waals surface area (Å²) in [6.45, 7) is 5.50.